The average molecular weight is 438 g/mol. The first kappa shape index (κ1) is 19.9. The minimum absolute atomic E-state index is 0.0118. The second-order valence-corrected chi connectivity index (χ2v) is 7.23. The van der Waals surface area contributed by atoms with Crippen molar-refractivity contribution in [2.75, 3.05) is 18.9 Å². The van der Waals surface area contributed by atoms with Gasteiger partial charge in [-0.3, -0.25) is 0 Å². The van der Waals surface area contributed by atoms with Gasteiger partial charge in [-0.15, -0.1) is 5.10 Å². The zero-order valence-corrected chi connectivity index (χ0v) is 15.7. The average Bonchev–Trinajstić information content (AvgIpc) is 3.04. The Bertz CT molecular complexity index is 1150. The number of benzene rings is 1. The summed E-state index contributed by atoms with van der Waals surface area (Å²) in [7, 11) is -2.45. The highest BCUT2D eigenvalue weighted by atomic mass is 35.5. The van der Waals surface area contributed by atoms with Gasteiger partial charge in [0.25, 0.3) is 16.0 Å². The molecule has 2 aromatic heterocycles. The van der Waals surface area contributed by atoms with E-state index in [0.717, 1.165) is 23.8 Å². The zero-order chi connectivity index (χ0) is 20.7. The van der Waals surface area contributed by atoms with E-state index < -0.39 is 38.4 Å². The molecule has 0 aliphatic rings. The molecule has 9 nitrogen and oxygen atoms in total. The van der Waals surface area contributed by atoms with Crippen LogP contribution < -0.4 is 14.2 Å². The quantitative estimate of drug-likeness (QED) is 0.653. The fraction of sp³-hybridized carbons (Fsp3) is 0.214. The highest BCUT2D eigenvalue weighted by molar-refractivity contribution is 7.92. The number of anilines is 1. The summed E-state index contributed by atoms with van der Waals surface area (Å²) in [6.07, 6.45) is -3.74. The van der Waals surface area contributed by atoms with E-state index in [1.165, 1.54) is 13.3 Å². The van der Waals surface area contributed by atoms with Gasteiger partial charge in [-0.2, -0.15) is 22.7 Å². The summed E-state index contributed by atoms with van der Waals surface area (Å²) in [6, 6.07) is 2.67. The number of nitrogens with zero attached hydrogens (tertiary/aromatic N) is 4. The lowest BCUT2D eigenvalue weighted by molar-refractivity contribution is -0.140. The Hall–Kier alpha value is -2.80. The van der Waals surface area contributed by atoms with Crippen LogP contribution >= 0.6 is 11.6 Å². The van der Waals surface area contributed by atoms with Crippen LogP contribution in [-0.4, -0.2) is 42.2 Å². The second kappa shape index (κ2) is 6.98. The number of nitrogens with one attached hydrogen (secondary N) is 1. The molecule has 0 fully saturated rings. The van der Waals surface area contributed by atoms with Crippen molar-refractivity contribution in [3.63, 3.8) is 0 Å². The van der Waals surface area contributed by atoms with Crippen LogP contribution in [0.15, 0.2) is 29.3 Å². The first-order valence-electron chi connectivity index (χ1n) is 7.30. The second-order valence-electron chi connectivity index (χ2n) is 5.20. The SMILES string of the molecule is COc1cccc(C(F)(F)F)c1S(=O)(=O)Nc1nc2c(Cl)cnc(OC)n2n1. The van der Waals surface area contributed by atoms with Crippen molar-refractivity contribution in [2.45, 2.75) is 11.1 Å². The van der Waals surface area contributed by atoms with Gasteiger partial charge in [-0.1, -0.05) is 17.7 Å². The van der Waals surface area contributed by atoms with Gasteiger partial charge < -0.3 is 9.47 Å². The lowest BCUT2D eigenvalue weighted by atomic mass is 10.2. The number of ether oxygens (including phenoxy) is 2. The molecule has 150 valence electrons. The van der Waals surface area contributed by atoms with Crippen LogP contribution in [0.1, 0.15) is 5.56 Å². The lowest BCUT2D eigenvalue weighted by Crippen LogP contribution is -2.20. The summed E-state index contributed by atoms with van der Waals surface area (Å²) in [4.78, 5) is 6.60. The summed E-state index contributed by atoms with van der Waals surface area (Å²) in [5.41, 5.74) is -1.41. The molecule has 0 unspecified atom stereocenters. The maximum Gasteiger partial charge on any atom is 0.417 e. The number of sulfonamides is 1. The number of hydrogen-bond donors (Lipinski definition) is 1. The smallest absolute Gasteiger partial charge is 0.417 e. The number of aromatic nitrogens is 4. The van der Waals surface area contributed by atoms with Gasteiger partial charge in [0, 0.05) is 0 Å². The number of rotatable bonds is 5. The highest BCUT2D eigenvalue weighted by Crippen LogP contribution is 2.39. The third-order valence-electron chi connectivity index (χ3n) is 3.47. The van der Waals surface area contributed by atoms with Crippen LogP contribution in [0.4, 0.5) is 19.1 Å². The largest absolute Gasteiger partial charge is 0.495 e. The van der Waals surface area contributed by atoms with Crippen LogP contribution in [0.2, 0.25) is 5.02 Å². The van der Waals surface area contributed by atoms with Crippen LogP contribution in [0.25, 0.3) is 5.65 Å². The molecule has 28 heavy (non-hydrogen) atoms. The lowest BCUT2D eigenvalue weighted by Gasteiger charge is -2.16. The Labute approximate surface area is 161 Å². The molecule has 3 rings (SSSR count). The van der Waals surface area contributed by atoms with Crippen LogP contribution in [0.3, 0.4) is 0 Å². The zero-order valence-electron chi connectivity index (χ0n) is 14.2. The van der Waals surface area contributed by atoms with Gasteiger partial charge in [0.05, 0.1) is 26.0 Å². The number of alkyl halides is 3. The van der Waals surface area contributed by atoms with Gasteiger partial charge >= 0.3 is 12.2 Å². The molecule has 0 aliphatic carbocycles. The number of halogens is 4. The highest BCUT2D eigenvalue weighted by Gasteiger charge is 2.39. The van der Waals surface area contributed by atoms with E-state index in [4.69, 9.17) is 21.1 Å². The predicted octanol–water partition coefficient (Wildman–Crippen LogP) is 2.61. The maximum atomic E-state index is 13.3. The van der Waals surface area contributed by atoms with Gasteiger partial charge in [0.1, 0.15) is 15.7 Å². The Morgan fingerprint density at radius 3 is 2.54 bits per heavy atom. The molecule has 0 atom stereocenters. The molecule has 2 heterocycles. The fourth-order valence-corrected chi connectivity index (χ4v) is 3.84. The number of methoxy groups -OCH3 is 2. The Kier molecular flexibility index (Phi) is 4.97. The van der Waals surface area contributed by atoms with E-state index in [0.29, 0.717) is 6.07 Å². The third kappa shape index (κ3) is 3.49. The van der Waals surface area contributed by atoms with E-state index in [9.17, 15) is 21.6 Å². The van der Waals surface area contributed by atoms with Gasteiger partial charge in [0.2, 0.25) is 0 Å². The van der Waals surface area contributed by atoms with Crippen LogP contribution in [-0.2, 0) is 16.2 Å². The first-order chi connectivity index (χ1) is 13.1. The van der Waals surface area contributed by atoms with Gasteiger partial charge in [-0.05, 0) is 12.1 Å². The summed E-state index contributed by atoms with van der Waals surface area (Å²) >= 11 is 5.93. The monoisotopic (exact) mass is 437 g/mol. The Morgan fingerprint density at radius 2 is 1.93 bits per heavy atom. The summed E-state index contributed by atoms with van der Waals surface area (Å²) < 4.78 is 78.0. The third-order valence-corrected chi connectivity index (χ3v) is 5.15. The number of fused-ring (bicyclic) bond motifs is 1. The van der Waals surface area contributed by atoms with Crippen LogP contribution in [0, 0.1) is 0 Å². The molecule has 0 amide bonds. The van der Waals surface area contributed by atoms with Gasteiger partial charge in [0.15, 0.2) is 5.65 Å². The van der Waals surface area contributed by atoms with Crippen molar-refractivity contribution in [3.05, 3.63) is 35.0 Å². The molecule has 0 radical (unpaired) electrons. The molecule has 0 spiro atoms. The molecule has 14 heteroatoms. The fourth-order valence-electron chi connectivity index (χ4n) is 2.35. The minimum Gasteiger partial charge on any atom is -0.495 e. The van der Waals surface area contributed by atoms with Crippen LogP contribution in [0.5, 0.6) is 11.8 Å². The van der Waals surface area contributed by atoms with Crippen molar-refractivity contribution in [1.29, 1.82) is 0 Å². The first-order valence-corrected chi connectivity index (χ1v) is 9.17. The topological polar surface area (TPSA) is 108 Å². The minimum atomic E-state index is -4.94. The van der Waals surface area contributed by atoms with E-state index in [-0.39, 0.29) is 16.7 Å². The summed E-state index contributed by atoms with van der Waals surface area (Å²) in [5.74, 6) is -1.03. The van der Waals surface area contributed by atoms with E-state index in [2.05, 4.69) is 15.1 Å². The van der Waals surface area contributed by atoms with E-state index in [1.807, 2.05) is 4.72 Å². The molecule has 0 saturated carbocycles. The van der Waals surface area contributed by atoms with Crippen molar-refractivity contribution in [1.82, 2.24) is 19.6 Å². The molecule has 1 N–H and O–H groups in total. The van der Waals surface area contributed by atoms with Crippen molar-refractivity contribution in [3.8, 4) is 11.8 Å². The molecule has 3 aromatic rings. The predicted molar refractivity (Wildman–Crippen MR) is 91.1 cm³/mol. The van der Waals surface area contributed by atoms with Gasteiger partial charge in [-0.25, -0.2) is 18.1 Å². The standard InChI is InChI=1S/C14H11ClF3N5O4S/c1-26-9-5-3-4-7(14(16,17)18)10(9)28(24,25)22-12-20-11-8(15)6-19-13(27-2)23(11)21-12/h3-6H,1-2H3,(H,21,22). The normalized spacial score (nSPS) is 12.2. The maximum absolute atomic E-state index is 13.3. The van der Waals surface area contributed by atoms with E-state index in [1.54, 1.807) is 0 Å². The van der Waals surface area contributed by atoms with Crippen molar-refractivity contribution >= 4 is 33.2 Å². The molecular weight excluding hydrogens is 427 g/mol. The van der Waals surface area contributed by atoms with E-state index >= 15 is 0 Å². The molecular formula is C14H11ClF3N5O4S. The summed E-state index contributed by atoms with van der Waals surface area (Å²) in [5, 5.41) is 3.84. The van der Waals surface area contributed by atoms with Crippen molar-refractivity contribution < 1.29 is 31.1 Å². The molecule has 0 saturated heterocycles. The Balaban J connectivity index is 2.14. The van der Waals surface area contributed by atoms with Crippen molar-refractivity contribution in [2.24, 2.45) is 0 Å². The molecule has 0 bridgehead atoms. The molecule has 1 aromatic carbocycles. The summed E-state index contributed by atoms with van der Waals surface area (Å²) in [6.45, 7) is 0. The molecule has 0 aliphatic heterocycles. The Morgan fingerprint density at radius 1 is 1.21 bits per heavy atom. The number of hydrogen-bond acceptors (Lipinski definition) is 7.